The first-order valence-electron chi connectivity index (χ1n) is 5.98. The lowest BCUT2D eigenvalue weighted by molar-refractivity contribution is 0.268. The monoisotopic (exact) mass is 183 g/mol. The van der Waals surface area contributed by atoms with Gasteiger partial charge in [0.05, 0.1) is 0 Å². The average molecular weight is 183 g/mol. The maximum Gasteiger partial charge on any atom is 0.00363 e. The molecule has 0 bridgehead atoms. The molecular weight excluding hydrogens is 158 g/mol. The Morgan fingerprint density at radius 2 is 1.85 bits per heavy atom. The highest BCUT2D eigenvalue weighted by Gasteiger charge is 2.18. The van der Waals surface area contributed by atoms with Gasteiger partial charge in [-0.15, -0.1) is 0 Å². The molecule has 1 nitrogen and oxygen atoms in total. The van der Waals surface area contributed by atoms with E-state index in [2.05, 4.69) is 13.8 Å². The second-order valence-electron chi connectivity index (χ2n) is 4.87. The van der Waals surface area contributed by atoms with Crippen LogP contribution in [0.2, 0.25) is 0 Å². The topological polar surface area (TPSA) is 26.0 Å². The van der Waals surface area contributed by atoms with Crippen molar-refractivity contribution in [3.05, 3.63) is 0 Å². The Morgan fingerprint density at radius 3 is 2.38 bits per heavy atom. The van der Waals surface area contributed by atoms with Gasteiger partial charge < -0.3 is 5.73 Å². The molecule has 1 heteroatoms. The summed E-state index contributed by atoms with van der Waals surface area (Å²) in [7, 11) is 0. The third-order valence-corrected chi connectivity index (χ3v) is 3.61. The summed E-state index contributed by atoms with van der Waals surface area (Å²) in [5.41, 5.74) is 5.92. The Bertz CT molecular complexity index is 125. The van der Waals surface area contributed by atoms with Gasteiger partial charge in [0.1, 0.15) is 0 Å². The molecule has 0 aromatic carbocycles. The van der Waals surface area contributed by atoms with E-state index < -0.39 is 0 Å². The van der Waals surface area contributed by atoms with Crippen LogP contribution >= 0.6 is 0 Å². The molecule has 0 amide bonds. The summed E-state index contributed by atoms with van der Waals surface area (Å²) in [6, 6.07) is 0.458. The third kappa shape index (κ3) is 4.12. The largest absolute Gasteiger partial charge is 0.328 e. The zero-order valence-corrected chi connectivity index (χ0v) is 9.26. The molecule has 1 aliphatic rings. The first kappa shape index (κ1) is 11.0. The SMILES string of the molecule is CCC(N)CCC1CCC(C)CC1. The van der Waals surface area contributed by atoms with Gasteiger partial charge in [0.25, 0.3) is 0 Å². The fourth-order valence-corrected chi connectivity index (χ4v) is 2.27. The van der Waals surface area contributed by atoms with Crippen LogP contribution in [0, 0.1) is 11.8 Å². The first-order valence-corrected chi connectivity index (χ1v) is 5.98. The second-order valence-corrected chi connectivity index (χ2v) is 4.87. The lowest BCUT2D eigenvalue weighted by atomic mass is 9.80. The van der Waals surface area contributed by atoms with Crippen molar-refractivity contribution in [1.29, 1.82) is 0 Å². The van der Waals surface area contributed by atoms with E-state index in [1.54, 1.807) is 0 Å². The van der Waals surface area contributed by atoms with Gasteiger partial charge in [0.2, 0.25) is 0 Å². The molecule has 0 heterocycles. The van der Waals surface area contributed by atoms with Gasteiger partial charge in [0, 0.05) is 6.04 Å². The number of hydrogen-bond acceptors (Lipinski definition) is 1. The Balaban J connectivity index is 2.08. The summed E-state index contributed by atoms with van der Waals surface area (Å²) in [6.07, 6.45) is 9.58. The van der Waals surface area contributed by atoms with Crippen LogP contribution in [0.1, 0.15) is 58.8 Å². The lowest BCUT2D eigenvalue weighted by Gasteiger charge is -2.26. The van der Waals surface area contributed by atoms with Gasteiger partial charge in [-0.25, -0.2) is 0 Å². The Labute approximate surface area is 83.1 Å². The van der Waals surface area contributed by atoms with Crippen molar-refractivity contribution >= 4 is 0 Å². The van der Waals surface area contributed by atoms with Crippen LogP contribution in [-0.2, 0) is 0 Å². The minimum Gasteiger partial charge on any atom is -0.328 e. The summed E-state index contributed by atoms with van der Waals surface area (Å²) in [4.78, 5) is 0. The molecule has 78 valence electrons. The number of rotatable bonds is 4. The van der Waals surface area contributed by atoms with Crippen molar-refractivity contribution in [3.8, 4) is 0 Å². The number of nitrogens with two attached hydrogens (primary N) is 1. The van der Waals surface area contributed by atoms with Crippen molar-refractivity contribution in [2.45, 2.75) is 64.8 Å². The minimum absolute atomic E-state index is 0.458. The van der Waals surface area contributed by atoms with Crippen LogP contribution in [-0.4, -0.2) is 6.04 Å². The molecule has 0 saturated heterocycles. The van der Waals surface area contributed by atoms with E-state index in [4.69, 9.17) is 5.73 Å². The smallest absolute Gasteiger partial charge is 0.00363 e. The maximum atomic E-state index is 5.92. The van der Waals surface area contributed by atoms with Crippen LogP contribution in [0.25, 0.3) is 0 Å². The van der Waals surface area contributed by atoms with E-state index in [0.29, 0.717) is 6.04 Å². The van der Waals surface area contributed by atoms with Gasteiger partial charge in [-0.2, -0.15) is 0 Å². The molecule has 0 radical (unpaired) electrons. The van der Waals surface area contributed by atoms with Crippen molar-refractivity contribution in [3.63, 3.8) is 0 Å². The maximum absolute atomic E-state index is 5.92. The van der Waals surface area contributed by atoms with Gasteiger partial charge in [-0.05, 0) is 31.1 Å². The molecule has 0 aromatic rings. The Hall–Kier alpha value is -0.0400. The quantitative estimate of drug-likeness (QED) is 0.711. The van der Waals surface area contributed by atoms with Crippen LogP contribution in [0.15, 0.2) is 0 Å². The summed E-state index contributed by atoms with van der Waals surface area (Å²) in [5, 5.41) is 0. The summed E-state index contributed by atoms with van der Waals surface area (Å²) in [5.74, 6) is 1.98. The van der Waals surface area contributed by atoms with E-state index in [1.165, 1.54) is 38.5 Å². The van der Waals surface area contributed by atoms with Gasteiger partial charge >= 0.3 is 0 Å². The third-order valence-electron chi connectivity index (χ3n) is 3.61. The molecule has 13 heavy (non-hydrogen) atoms. The minimum atomic E-state index is 0.458. The van der Waals surface area contributed by atoms with Gasteiger partial charge in [0.15, 0.2) is 0 Å². The van der Waals surface area contributed by atoms with Crippen LogP contribution in [0.3, 0.4) is 0 Å². The summed E-state index contributed by atoms with van der Waals surface area (Å²) in [6.45, 7) is 4.57. The molecule has 0 aromatic heterocycles. The predicted octanol–water partition coefficient (Wildman–Crippen LogP) is 3.33. The van der Waals surface area contributed by atoms with E-state index in [0.717, 1.165) is 18.3 Å². The molecule has 0 spiro atoms. The summed E-state index contributed by atoms with van der Waals surface area (Å²) < 4.78 is 0. The van der Waals surface area contributed by atoms with E-state index in [-0.39, 0.29) is 0 Å². The van der Waals surface area contributed by atoms with Crippen molar-refractivity contribution in [2.24, 2.45) is 17.6 Å². The molecule has 1 saturated carbocycles. The van der Waals surface area contributed by atoms with E-state index >= 15 is 0 Å². The van der Waals surface area contributed by atoms with Crippen molar-refractivity contribution in [1.82, 2.24) is 0 Å². The van der Waals surface area contributed by atoms with Crippen LogP contribution in [0.4, 0.5) is 0 Å². The molecule has 1 atom stereocenters. The van der Waals surface area contributed by atoms with Crippen LogP contribution < -0.4 is 5.73 Å². The Kier molecular flexibility index (Phi) is 4.79. The average Bonchev–Trinajstić information content (AvgIpc) is 2.16. The first-order chi connectivity index (χ1) is 6.22. The molecule has 1 fully saturated rings. The van der Waals surface area contributed by atoms with E-state index in [9.17, 15) is 0 Å². The van der Waals surface area contributed by atoms with Crippen molar-refractivity contribution < 1.29 is 0 Å². The number of hydrogen-bond donors (Lipinski definition) is 1. The van der Waals surface area contributed by atoms with Crippen LogP contribution in [0.5, 0.6) is 0 Å². The second kappa shape index (κ2) is 5.64. The summed E-state index contributed by atoms with van der Waals surface area (Å²) >= 11 is 0. The standard InChI is InChI=1S/C12H25N/c1-3-12(13)9-8-11-6-4-10(2)5-7-11/h10-12H,3-9,13H2,1-2H3. The highest BCUT2D eigenvalue weighted by atomic mass is 14.6. The molecule has 1 unspecified atom stereocenters. The van der Waals surface area contributed by atoms with Gasteiger partial charge in [-0.3, -0.25) is 0 Å². The normalized spacial score (nSPS) is 31.6. The zero-order valence-electron chi connectivity index (χ0n) is 9.26. The molecule has 1 rings (SSSR count). The van der Waals surface area contributed by atoms with Crippen molar-refractivity contribution in [2.75, 3.05) is 0 Å². The van der Waals surface area contributed by atoms with E-state index in [1.807, 2.05) is 0 Å². The Morgan fingerprint density at radius 1 is 1.23 bits per heavy atom. The highest BCUT2D eigenvalue weighted by molar-refractivity contribution is 4.71. The molecular formula is C12H25N. The molecule has 2 N–H and O–H groups in total. The molecule has 0 aliphatic heterocycles. The fourth-order valence-electron chi connectivity index (χ4n) is 2.27. The van der Waals surface area contributed by atoms with Gasteiger partial charge in [-0.1, -0.05) is 39.5 Å². The highest BCUT2D eigenvalue weighted by Crippen LogP contribution is 2.31. The molecule has 1 aliphatic carbocycles. The zero-order chi connectivity index (χ0) is 9.68. The predicted molar refractivity (Wildman–Crippen MR) is 58.6 cm³/mol. The lowest BCUT2D eigenvalue weighted by Crippen LogP contribution is -2.21. The fraction of sp³-hybridized carbons (Fsp3) is 1.00.